The van der Waals surface area contributed by atoms with Gasteiger partial charge in [-0.05, 0) is 40.9 Å². The second-order valence-electron chi connectivity index (χ2n) is 4.44. The summed E-state index contributed by atoms with van der Waals surface area (Å²) in [5.41, 5.74) is 6.82. The van der Waals surface area contributed by atoms with Crippen LogP contribution in [0.2, 0.25) is 0 Å². The molecule has 0 amide bonds. The van der Waals surface area contributed by atoms with Crippen molar-refractivity contribution in [2.45, 2.75) is 31.7 Å². The molecule has 0 spiro atoms. The average Bonchev–Trinajstić information content (AvgIpc) is 2.96. The van der Waals surface area contributed by atoms with Gasteiger partial charge in [-0.15, -0.1) is 0 Å². The van der Waals surface area contributed by atoms with E-state index in [2.05, 4.69) is 21.0 Å². The molecule has 0 bridgehead atoms. The van der Waals surface area contributed by atoms with Gasteiger partial charge < -0.3 is 10.2 Å². The van der Waals surface area contributed by atoms with Crippen molar-refractivity contribution in [3.8, 4) is 11.5 Å². The van der Waals surface area contributed by atoms with Crippen LogP contribution in [0.1, 0.15) is 31.7 Å². The number of halogens is 1. The van der Waals surface area contributed by atoms with Crippen LogP contribution in [0.5, 0.6) is 0 Å². The first-order valence-electron chi connectivity index (χ1n) is 5.85. The van der Waals surface area contributed by atoms with E-state index in [1.165, 1.54) is 25.7 Å². The number of aromatic nitrogens is 2. The minimum atomic E-state index is 0.460. The van der Waals surface area contributed by atoms with E-state index >= 15 is 0 Å². The summed E-state index contributed by atoms with van der Waals surface area (Å²) in [7, 11) is 0. The lowest BCUT2D eigenvalue weighted by molar-refractivity contribution is 0.472. The van der Waals surface area contributed by atoms with Crippen molar-refractivity contribution >= 4 is 21.7 Å². The average molecular weight is 296 g/mol. The first-order valence-corrected chi connectivity index (χ1v) is 6.64. The lowest BCUT2D eigenvalue weighted by Crippen LogP contribution is -2.09. The molecule has 17 heavy (non-hydrogen) atoms. The van der Waals surface area contributed by atoms with Gasteiger partial charge >= 0.3 is 0 Å². The second-order valence-corrected chi connectivity index (χ2v) is 5.22. The van der Waals surface area contributed by atoms with Crippen LogP contribution >= 0.6 is 15.9 Å². The third kappa shape index (κ3) is 1.99. The van der Waals surface area contributed by atoms with Crippen LogP contribution in [0.3, 0.4) is 0 Å². The van der Waals surface area contributed by atoms with Gasteiger partial charge in [-0.2, -0.15) is 5.10 Å². The molecule has 2 N–H and O–H groups in total. The minimum absolute atomic E-state index is 0.460. The van der Waals surface area contributed by atoms with Crippen LogP contribution in [0, 0.1) is 0 Å². The zero-order valence-electron chi connectivity index (χ0n) is 9.40. The van der Waals surface area contributed by atoms with Gasteiger partial charge in [-0.25, -0.2) is 4.68 Å². The molecule has 1 saturated carbocycles. The molecule has 0 aromatic carbocycles. The van der Waals surface area contributed by atoms with E-state index in [-0.39, 0.29) is 0 Å². The maximum Gasteiger partial charge on any atom is 0.169 e. The summed E-state index contributed by atoms with van der Waals surface area (Å²) >= 11 is 3.29. The van der Waals surface area contributed by atoms with Gasteiger partial charge in [0.1, 0.15) is 11.5 Å². The Bertz CT molecular complexity index is 526. The number of nitrogens with zero attached hydrogens (tertiary/aromatic N) is 2. The van der Waals surface area contributed by atoms with Crippen molar-refractivity contribution in [1.82, 2.24) is 9.78 Å². The molecule has 1 aliphatic carbocycles. The highest BCUT2D eigenvalue weighted by Gasteiger charge is 2.21. The van der Waals surface area contributed by atoms with E-state index < -0.39 is 0 Å². The highest BCUT2D eigenvalue weighted by atomic mass is 79.9. The van der Waals surface area contributed by atoms with Gasteiger partial charge in [0.05, 0.1) is 6.04 Å². The normalized spacial score (nSPS) is 16.8. The monoisotopic (exact) mass is 295 g/mol. The zero-order chi connectivity index (χ0) is 11.8. The number of nitrogen functional groups attached to an aromatic ring is 1. The molecule has 2 aromatic heterocycles. The highest BCUT2D eigenvalue weighted by Crippen LogP contribution is 2.33. The van der Waals surface area contributed by atoms with E-state index in [0.717, 1.165) is 17.3 Å². The van der Waals surface area contributed by atoms with Crippen LogP contribution < -0.4 is 5.73 Å². The molecule has 0 aliphatic heterocycles. The van der Waals surface area contributed by atoms with Crippen molar-refractivity contribution in [3.05, 3.63) is 22.9 Å². The highest BCUT2D eigenvalue weighted by molar-refractivity contribution is 9.10. The Morgan fingerprint density at radius 2 is 2.12 bits per heavy atom. The topological polar surface area (TPSA) is 57.0 Å². The summed E-state index contributed by atoms with van der Waals surface area (Å²) in [5, 5.41) is 4.55. The van der Waals surface area contributed by atoms with Gasteiger partial charge in [0.2, 0.25) is 0 Å². The van der Waals surface area contributed by atoms with Gasteiger partial charge in [-0.1, -0.05) is 12.8 Å². The smallest absolute Gasteiger partial charge is 0.169 e. The molecule has 1 fully saturated rings. The first-order chi connectivity index (χ1) is 8.24. The maximum atomic E-state index is 6.01. The molecule has 0 saturated heterocycles. The van der Waals surface area contributed by atoms with E-state index in [1.807, 2.05) is 22.9 Å². The molecule has 4 nitrogen and oxygen atoms in total. The number of hydrogen-bond acceptors (Lipinski definition) is 3. The van der Waals surface area contributed by atoms with E-state index in [9.17, 15) is 0 Å². The predicted octanol–water partition coefficient (Wildman–Crippen LogP) is 3.60. The quantitative estimate of drug-likeness (QED) is 0.921. The van der Waals surface area contributed by atoms with Gasteiger partial charge in [0, 0.05) is 6.07 Å². The van der Waals surface area contributed by atoms with Crippen molar-refractivity contribution in [1.29, 1.82) is 0 Å². The lowest BCUT2D eigenvalue weighted by atomic mass is 10.2. The molecule has 0 unspecified atom stereocenters. The SMILES string of the molecule is Nc1cc(-c2ccc(Br)o2)nn1C1CCCC1. The number of nitrogens with two attached hydrogens (primary N) is 1. The van der Waals surface area contributed by atoms with E-state index in [4.69, 9.17) is 10.2 Å². The molecular formula is C12H14BrN3O. The molecule has 3 rings (SSSR count). The fourth-order valence-corrected chi connectivity index (χ4v) is 2.73. The number of anilines is 1. The Balaban J connectivity index is 1.94. The Hall–Kier alpha value is -1.23. The van der Waals surface area contributed by atoms with Gasteiger partial charge in [-0.3, -0.25) is 0 Å². The van der Waals surface area contributed by atoms with Crippen LogP contribution in [-0.2, 0) is 0 Å². The Labute approximate surface area is 108 Å². The van der Waals surface area contributed by atoms with E-state index in [0.29, 0.717) is 10.7 Å². The summed E-state index contributed by atoms with van der Waals surface area (Å²) in [6.07, 6.45) is 4.89. The molecule has 2 aromatic rings. The molecule has 2 heterocycles. The fraction of sp³-hybridized carbons (Fsp3) is 0.417. The summed E-state index contributed by atoms with van der Waals surface area (Å²) in [4.78, 5) is 0. The minimum Gasteiger partial charge on any atom is -0.448 e. The third-order valence-electron chi connectivity index (χ3n) is 3.26. The van der Waals surface area contributed by atoms with Crippen LogP contribution in [0.4, 0.5) is 5.82 Å². The maximum absolute atomic E-state index is 6.01. The van der Waals surface area contributed by atoms with E-state index in [1.54, 1.807) is 0 Å². The molecule has 5 heteroatoms. The zero-order valence-corrected chi connectivity index (χ0v) is 11.0. The second kappa shape index (κ2) is 4.22. The lowest BCUT2D eigenvalue weighted by Gasteiger charge is -2.10. The number of rotatable bonds is 2. The Morgan fingerprint density at radius 1 is 1.35 bits per heavy atom. The van der Waals surface area contributed by atoms with Crippen molar-refractivity contribution in [2.24, 2.45) is 0 Å². The van der Waals surface area contributed by atoms with Crippen LogP contribution in [0.15, 0.2) is 27.3 Å². The standard InChI is InChI=1S/C12H14BrN3O/c13-11-6-5-10(17-11)9-7-12(14)16(15-9)8-3-1-2-4-8/h5-8H,1-4,14H2. The van der Waals surface area contributed by atoms with Crippen LogP contribution in [-0.4, -0.2) is 9.78 Å². The number of hydrogen-bond donors (Lipinski definition) is 1. The first kappa shape index (κ1) is 10.9. The molecule has 0 atom stereocenters. The van der Waals surface area contributed by atoms with Crippen molar-refractivity contribution in [3.63, 3.8) is 0 Å². The van der Waals surface area contributed by atoms with Gasteiger partial charge in [0.25, 0.3) is 0 Å². The molecular weight excluding hydrogens is 282 g/mol. The Kier molecular flexibility index (Phi) is 2.70. The molecule has 0 radical (unpaired) electrons. The van der Waals surface area contributed by atoms with Crippen molar-refractivity contribution in [2.75, 3.05) is 5.73 Å². The third-order valence-corrected chi connectivity index (χ3v) is 3.69. The summed E-state index contributed by atoms with van der Waals surface area (Å²) in [5.74, 6) is 1.47. The van der Waals surface area contributed by atoms with Crippen LogP contribution in [0.25, 0.3) is 11.5 Å². The summed E-state index contributed by atoms with van der Waals surface area (Å²) < 4.78 is 8.14. The predicted molar refractivity (Wildman–Crippen MR) is 69.5 cm³/mol. The molecule has 90 valence electrons. The number of furan rings is 1. The summed E-state index contributed by atoms with van der Waals surface area (Å²) in [6, 6.07) is 6.09. The Morgan fingerprint density at radius 3 is 2.76 bits per heavy atom. The molecule has 1 aliphatic rings. The fourth-order valence-electron chi connectivity index (χ4n) is 2.42. The largest absolute Gasteiger partial charge is 0.448 e. The van der Waals surface area contributed by atoms with Gasteiger partial charge in [0.15, 0.2) is 10.4 Å². The van der Waals surface area contributed by atoms with Crippen molar-refractivity contribution < 1.29 is 4.42 Å². The summed E-state index contributed by atoms with van der Waals surface area (Å²) in [6.45, 7) is 0.